The molecule has 4 rings (SSSR count). The Kier molecular flexibility index (Phi) is 4.98. The molecule has 3 aromatic carbocycles. The van der Waals surface area contributed by atoms with Crippen molar-refractivity contribution in [1.82, 2.24) is 9.97 Å². The Morgan fingerprint density at radius 1 is 0.815 bits per heavy atom. The second kappa shape index (κ2) is 7.41. The van der Waals surface area contributed by atoms with Crippen LogP contribution in [-0.4, -0.2) is 9.97 Å². The number of aryl methyl sites for hydroxylation is 2. The average Bonchev–Trinajstić information content (AvgIpc) is 2.65. The third-order valence-corrected chi connectivity index (χ3v) is 5.54. The summed E-state index contributed by atoms with van der Waals surface area (Å²) in [7, 11) is 0. The summed E-state index contributed by atoms with van der Waals surface area (Å²) in [4.78, 5) is 9.96. The Balaban J connectivity index is 1.89. The quantitative estimate of drug-likeness (QED) is 0.347. The van der Waals surface area contributed by atoms with Crippen molar-refractivity contribution < 1.29 is 0 Å². The van der Waals surface area contributed by atoms with Gasteiger partial charge in [0.1, 0.15) is 0 Å². The van der Waals surface area contributed by atoms with Gasteiger partial charge in [-0.15, -0.1) is 0 Å². The maximum absolute atomic E-state index is 6.08. The number of hydrogen-bond acceptors (Lipinski definition) is 2. The van der Waals surface area contributed by atoms with E-state index in [1.165, 1.54) is 16.7 Å². The highest BCUT2D eigenvalue weighted by Crippen LogP contribution is 2.28. The number of halogens is 2. The Hall–Kier alpha value is -2.23. The van der Waals surface area contributed by atoms with Crippen LogP contribution in [0.25, 0.3) is 22.3 Å². The zero-order valence-corrected chi connectivity index (χ0v) is 17.5. The van der Waals surface area contributed by atoms with Crippen molar-refractivity contribution in [3.05, 3.63) is 92.5 Å². The van der Waals surface area contributed by atoms with Crippen molar-refractivity contribution in [2.24, 2.45) is 0 Å². The molecule has 4 aromatic rings. The molecule has 0 bridgehead atoms. The fourth-order valence-electron chi connectivity index (χ4n) is 3.11. The first kappa shape index (κ1) is 18.1. The molecule has 134 valence electrons. The monoisotopic (exact) mass is 436 g/mol. The molecule has 0 radical (unpaired) electrons. The van der Waals surface area contributed by atoms with E-state index >= 15 is 0 Å². The number of rotatable bonds is 3. The first-order chi connectivity index (χ1) is 13.0. The smallest absolute Gasteiger partial charge is 0.0928 e. The summed E-state index contributed by atoms with van der Waals surface area (Å²) in [5, 5.41) is 0.716. The van der Waals surface area contributed by atoms with Crippen LogP contribution in [0.5, 0.6) is 0 Å². The van der Waals surface area contributed by atoms with Crippen LogP contribution in [0.3, 0.4) is 0 Å². The van der Waals surface area contributed by atoms with Crippen LogP contribution >= 0.6 is 27.5 Å². The van der Waals surface area contributed by atoms with Gasteiger partial charge < -0.3 is 0 Å². The molecule has 27 heavy (non-hydrogen) atoms. The third kappa shape index (κ3) is 3.90. The van der Waals surface area contributed by atoms with Crippen molar-refractivity contribution in [1.29, 1.82) is 0 Å². The van der Waals surface area contributed by atoms with Gasteiger partial charge in [-0.2, -0.15) is 0 Å². The standard InChI is InChI=1S/C23H18BrClN2/c1-14-11-20-21(12-15(14)2)27-23(17-5-9-19(25)10-6-17)22(26-20)13-16-3-7-18(24)8-4-16/h3-12H,13H2,1-2H3. The summed E-state index contributed by atoms with van der Waals surface area (Å²) < 4.78 is 1.07. The highest BCUT2D eigenvalue weighted by molar-refractivity contribution is 9.10. The summed E-state index contributed by atoms with van der Waals surface area (Å²) in [6, 6.07) is 20.4. The lowest BCUT2D eigenvalue weighted by atomic mass is 10.0. The van der Waals surface area contributed by atoms with Crippen LogP contribution < -0.4 is 0 Å². The predicted molar refractivity (Wildman–Crippen MR) is 116 cm³/mol. The lowest BCUT2D eigenvalue weighted by Crippen LogP contribution is -2.01. The normalized spacial score (nSPS) is 11.1. The molecule has 4 heteroatoms. The summed E-state index contributed by atoms with van der Waals surface area (Å²) >= 11 is 9.57. The van der Waals surface area contributed by atoms with E-state index in [2.05, 4.69) is 66.2 Å². The number of hydrogen-bond donors (Lipinski definition) is 0. The van der Waals surface area contributed by atoms with Crippen LogP contribution in [0.1, 0.15) is 22.4 Å². The van der Waals surface area contributed by atoms with Crippen LogP contribution in [0, 0.1) is 13.8 Å². The first-order valence-electron chi connectivity index (χ1n) is 8.78. The number of fused-ring (bicyclic) bond motifs is 1. The molecule has 0 aliphatic rings. The Bertz CT molecular complexity index is 1120. The zero-order valence-electron chi connectivity index (χ0n) is 15.1. The van der Waals surface area contributed by atoms with E-state index in [1.54, 1.807) is 0 Å². The number of nitrogens with zero attached hydrogens (tertiary/aromatic N) is 2. The van der Waals surface area contributed by atoms with Crippen molar-refractivity contribution in [3.8, 4) is 11.3 Å². The van der Waals surface area contributed by atoms with E-state index in [9.17, 15) is 0 Å². The minimum atomic E-state index is 0.716. The molecule has 1 aromatic heterocycles. The van der Waals surface area contributed by atoms with Gasteiger partial charge in [0, 0.05) is 21.5 Å². The molecule has 0 saturated carbocycles. The minimum Gasteiger partial charge on any atom is -0.249 e. The lowest BCUT2D eigenvalue weighted by Gasteiger charge is -2.12. The van der Waals surface area contributed by atoms with Crippen molar-refractivity contribution in [2.45, 2.75) is 20.3 Å². The summed E-state index contributed by atoms with van der Waals surface area (Å²) in [5.74, 6) is 0. The molecule has 0 aliphatic carbocycles. The molecule has 0 spiro atoms. The molecule has 0 fully saturated rings. The molecule has 0 amide bonds. The maximum atomic E-state index is 6.08. The second-order valence-corrected chi connectivity index (χ2v) is 8.11. The lowest BCUT2D eigenvalue weighted by molar-refractivity contribution is 1.07. The van der Waals surface area contributed by atoms with Crippen molar-refractivity contribution >= 4 is 38.6 Å². The van der Waals surface area contributed by atoms with E-state index in [-0.39, 0.29) is 0 Å². The van der Waals surface area contributed by atoms with Crippen molar-refractivity contribution in [3.63, 3.8) is 0 Å². The number of aromatic nitrogens is 2. The Morgan fingerprint density at radius 3 is 2.04 bits per heavy atom. The van der Waals surface area contributed by atoms with E-state index in [0.717, 1.165) is 38.9 Å². The second-order valence-electron chi connectivity index (χ2n) is 6.75. The molecule has 0 unspecified atom stereocenters. The number of benzene rings is 3. The SMILES string of the molecule is Cc1cc2nc(Cc3ccc(Br)cc3)c(-c3ccc(Cl)cc3)nc2cc1C. The maximum Gasteiger partial charge on any atom is 0.0928 e. The van der Waals surface area contributed by atoms with E-state index in [0.29, 0.717) is 5.02 Å². The van der Waals surface area contributed by atoms with Crippen molar-refractivity contribution in [2.75, 3.05) is 0 Å². The van der Waals surface area contributed by atoms with E-state index < -0.39 is 0 Å². The Morgan fingerprint density at radius 2 is 1.41 bits per heavy atom. The zero-order chi connectivity index (χ0) is 19.0. The molecule has 0 saturated heterocycles. The molecule has 1 heterocycles. The first-order valence-corrected chi connectivity index (χ1v) is 9.95. The van der Waals surface area contributed by atoms with Gasteiger partial charge in [-0.05, 0) is 66.9 Å². The molecule has 0 N–H and O–H groups in total. The molecule has 2 nitrogen and oxygen atoms in total. The van der Waals surface area contributed by atoms with Gasteiger partial charge in [0.2, 0.25) is 0 Å². The molecule has 0 atom stereocenters. The predicted octanol–water partition coefficient (Wildman–Crippen LogP) is 6.92. The summed E-state index contributed by atoms with van der Waals surface area (Å²) in [6.07, 6.45) is 0.723. The van der Waals surface area contributed by atoms with E-state index in [1.807, 2.05) is 24.3 Å². The molecule has 0 aliphatic heterocycles. The summed E-state index contributed by atoms with van der Waals surface area (Å²) in [5.41, 5.74) is 8.40. The summed E-state index contributed by atoms with van der Waals surface area (Å²) in [6.45, 7) is 4.21. The molecular weight excluding hydrogens is 420 g/mol. The van der Waals surface area contributed by atoms with Crippen LogP contribution in [0.4, 0.5) is 0 Å². The van der Waals surface area contributed by atoms with Gasteiger partial charge in [-0.25, -0.2) is 9.97 Å². The van der Waals surface area contributed by atoms with Gasteiger partial charge in [-0.3, -0.25) is 0 Å². The fourth-order valence-corrected chi connectivity index (χ4v) is 3.50. The average molecular weight is 438 g/mol. The largest absolute Gasteiger partial charge is 0.249 e. The van der Waals surface area contributed by atoms with E-state index in [4.69, 9.17) is 21.6 Å². The fraction of sp³-hybridized carbons (Fsp3) is 0.130. The van der Waals surface area contributed by atoms with Crippen LogP contribution in [0.2, 0.25) is 5.02 Å². The highest BCUT2D eigenvalue weighted by Gasteiger charge is 2.13. The topological polar surface area (TPSA) is 25.8 Å². The van der Waals surface area contributed by atoms with Gasteiger partial charge in [-0.1, -0.05) is 51.8 Å². The van der Waals surface area contributed by atoms with Crippen LogP contribution in [0.15, 0.2) is 65.1 Å². The van der Waals surface area contributed by atoms with Gasteiger partial charge in [0.15, 0.2) is 0 Å². The van der Waals surface area contributed by atoms with Gasteiger partial charge >= 0.3 is 0 Å². The minimum absolute atomic E-state index is 0.716. The third-order valence-electron chi connectivity index (χ3n) is 4.75. The van der Waals surface area contributed by atoms with Crippen LogP contribution in [-0.2, 0) is 6.42 Å². The molecular formula is C23H18BrClN2. The highest BCUT2D eigenvalue weighted by atomic mass is 79.9. The van der Waals surface area contributed by atoms with Gasteiger partial charge in [0.05, 0.1) is 22.4 Å². The van der Waals surface area contributed by atoms with Gasteiger partial charge in [0.25, 0.3) is 0 Å². The Labute approximate surface area is 172 Å².